The van der Waals surface area contributed by atoms with Crippen LogP contribution in [0.4, 0.5) is 10.2 Å². The number of carboxylic acid groups (broad SMARTS) is 1. The lowest BCUT2D eigenvalue weighted by Gasteiger charge is -2.10. The van der Waals surface area contributed by atoms with E-state index in [1.807, 2.05) is 62.4 Å². The van der Waals surface area contributed by atoms with E-state index in [0.29, 0.717) is 47.0 Å². The van der Waals surface area contributed by atoms with Crippen LogP contribution in [0.1, 0.15) is 69.6 Å². The van der Waals surface area contributed by atoms with Crippen molar-refractivity contribution in [3.05, 3.63) is 141 Å². The van der Waals surface area contributed by atoms with E-state index in [2.05, 4.69) is 30.2 Å². The molecular formula is C38H36Cl2FN7O5. The van der Waals surface area contributed by atoms with E-state index in [4.69, 9.17) is 44.2 Å². The van der Waals surface area contributed by atoms with E-state index in [9.17, 15) is 14.0 Å². The number of aryl methyl sites for hydroxylation is 2. The fourth-order valence-corrected chi connectivity index (χ4v) is 5.61. The number of hydrogen-bond acceptors (Lipinski definition) is 10. The van der Waals surface area contributed by atoms with E-state index in [0.717, 1.165) is 49.8 Å². The summed E-state index contributed by atoms with van der Waals surface area (Å²) in [4.78, 5) is 44.1. The Morgan fingerprint density at radius 1 is 0.830 bits per heavy atom. The van der Waals surface area contributed by atoms with Crippen LogP contribution >= 0.6 is 23.2 Å². The van der Waals surface area contributed by atoms with Crippen LogP contribution in [-0.2, 0) is 19.4 Å². The van der Waals surface area contributed by atoms with Crippen LogP contribution in [0.5, 0.6) is 0 Å². The molecular weight excluding hydrogens is 724 g/mol. The monoisotopic (exact) mass is 760 g/mol. The van der Waals surface area contributed by atoms with Crippen molar-refractivity contribution < 1.29 is 29.3 Å². The minimum absolute atomic E-state index is 0. The van der Waals surface area contributed by atoms with Crippen molar-refractivity contribution in [2.75, 3.05) is 12.9 Å². The Morgan fingerprint density at radius 3 is 1.83 bits per heavy atom. The second-order valence-electron chi connectivity index (χ2n) is 11.4. The van der Waals surface area contributed by atoms with Gasteiger partial charge in [-0.25, -0.2) is 19.7 Å². The molecule has 5 aromatic heterocycles. The number of anilines is 1. The molecule has 0 bridgehead atoms. The lowest BCUT2D eigenvalue weighted by Crippen LogP contribution is -2.23. The molecule has 0 radical (unpaired) electrons. The number of nitrogens with one attached hydrogen (secondary N) is 1. The number of hydrogen-bond donors (Lipinski definition) is 3. The Labute approximate surface area is 315 Å². The normalized spacial score (nSPS) is 10.7. The number of rotatable bonds is 8. The van der Waals surface area contributed by atoms with Gasteiger partial charge in [0.2, 0.25) is 11.5 Å². The first-order chi connectivity index (χ1) is 25.4. The van der Waals surface area contributed by atoms with Crippen LogP contribution in [0.15, 0.2) is 88.2 Å². The first-order valence-electron chi connectivity index (χ1n) is 16.2. The van der Waals surface area contributed by atoms with Crippen LogP contribution in [0, 0.1) is 13.8 Å². The van der Waals surface area contributed by atoms with E-state index in [-0.39, 0.29) is 24.9 Å². The summed E-state index contributed by atoms with van der Waals surface area (Å²) in [5, 5.41) is 14.6. The van der Waals surface area contributed by atoms with E-state index in [1.54, 1.807) is 18.5 Å². The molecule has 4 N–H and O–H groups in total. The maximum Gasteiger partial charge on any atom is 0.373 e. The van der Waals surface area contributed by atoms with Crippen molar-refractivity contribution in [1.29, 1.82) is 0 Å². The Hall–Kier alpha value is -5.92. The van der Waals surface area contributed by atoms with Gasteiger partial charge < -0.3 is 25.0 Å². The van der Waals surface area contributed by atoms with Crippen LogP contribution < -0.4 is 11.1 Å². The predicted molar refractivity (Wildman–Crippen MR) is 202 cm³/mol. The summed E-state index contributed by atoms with van der Waals surface area (Å²) >= 11 is 11.9. The van der Waals surface area contributed by atoms with Crippen molar-refractivity contribution in [3.63, 3.8) is 0 Å². The van der Waals surface area contributed by atoms with Gasteiger partial charge in [-0.05, 0) is 78.6 Å². The van der Waals surface area contributed by atoms with Crippen LogP contribution in [0.25, 0.3) is 21.8 Å². The average molecular weight is 762 g/mol. The largest absolute Gasteiger partial charge is 0.475 e. The van der Waals surface area contributed by atoms with Crippen molar-refractivity contribution in [2.24, 2.45) is 0 Å². The standard InChI is InChI=1S/C22H20ClN5O2.C14H9ClN2O3.CH3F.CH4/c1-12-5-20(24)28-13(2)17(12)10-27-22(29)19-11-26-21(30-19)7-14-3-4-18-15(6-14)8-16(23)9-25-18;15-10-5-9-3-8(1-2-11(9)16-6-10)4-13-17-7-12(20-13)14(18)19;1-2;/h3-6,8-9,11H,7,10H2,1-2H3,(H2,24,28)(H,27,29);1-3,5-7H,4H2,(H,18,19);1H3;1H4/i;;1D;. The van der Waals surface area contributed by atoms with Crippen LogP contribution in [0.3, 0.4) is 0 Å². The van der Waals surface area contributed by atoms with Crippen molar-refractivity contribution in [3.8, 4) is 0 Å². The third-order valence-corrected chi connectivity index (χ3v) is 8.09. The summed E-state index contributed by atoms with van der Waals surface area (Å²) in [5.74, 6) is -0.184. The molecule has 5 heterocycles. The molecule has 0 aliphatic carbocycles. The second kappa shape index (κ2) is 18.0. The average Bonchev–Trinajstić information content (AvgIpc) is 3.78. The molecule has 0 atom stereocenters. The molecule has 0 aliphatic heterocycles. The molecule has 15 heteroatoms. The quantitative estimate of drug-likeness (QED) is 0.135. The zero-order chi connectivity index (χ0) is 38.1. The zero-order valence-electron chi connectivity index (χ0n) is 28.9. The Balaban J connectivity index is 0.000000235. The van der Waals surface area contributed by atoms with Gasteiger partial charge in [-0.1, -0.05) is 42.8 Å². The highest BCUT2D eigenvalue weighted by Gasteiger charge is 2.15. The predicted octanol–water partition coefficient (Wildman–Crippen LogP) is 8.38. The molecule has 53 heavy (non-hydrogen) atoms. The molecule has 12 nitrogen and oxygen atoms in total. The first-order valence-corrected chi connectivity index (χ1v) is 16.2. The van der Waals surface area contributed by atoms with Crippen molar-refractivity contribution in [2.45, 2.75) is 40.7 Å². The van der Waals surface area contributed by atoms with E-state index in [1.165, 1.54) is 12.4 Å². The number of amides is 1. The molecule has 0 unspecified atom stereocenters. The number of oxazole rings is 2. The fourth-order valence-electron chi connectivity index (χ4n) is 5.28. The minimum atomic E-state index is -1.13. The van der Waals surface area contributed by atoms with E-state index < -0.39 is 13.1 Å². The number of aromatic nitrogens is 5. The number of nitrogen functional groups attached to an aromatic ring is 1. The lowest BCUT2D eigenvalue weighted by atomic mass is 10.1. The van der Waals surface area contributed by atoms with E-state index >= 15 is 0 Å². The molecule has 7 rings (SSSR count). The molecule has 0 saturated carbocycles. The number of carbonyl (C=O) groups excluding carboxylic acids is 1. The highest BCUT2D eigenvalue weighted by Crippen LogP contribution is 2.22. The summed E-state index contributed by atoms with van der Waals surface area (Å²) in [6, 6.07) is 17.0. The van der Waals surface area contributed by atoms with Gasteiger partial charge in [0.15, 0.2) is 11.8 Å². The van der Waals surface area contributed by atoms with Gasteiger partial charge in [0, 0.05) is 48.2 Å². The third kappa shape index (κ3) is 10.3. The Morgan fingerprint density at radius 2 is 1.34 bits per heavy atom. The molecule has 0 saturated heterocycles. The maximum atomic E-state index is 12.5. The van der Waals surface area contributed by atoms with Gasteiger partial charge in [-0.3, -0.25) is 19.2 Å². The van der Waals surface area contributed by atoms with Gasteiger partial charge in [0.05, 0.1) is 42.0 Å². The minimum Gasteiger partial charge on any atom is -0.475 e. The molecule has 2 aromatic carbocycles. The number of nitrogens with two attached hydrogens (primary N) is 1. The molecule has 0 fully saturated rings. The molecule has 274 valence electrons. The SMILES string of the molecule is C.Cc1cc(N)nc(C)c1CNC(=O)c1cnc(Cc2ccc3ncc(Cl)cc3c2)o1.O=C(O)c1cnc(Cc2ccc3ncc(Cl)cc3c2)o1.[2H]CF. The van der Waals surface area contributed by atoms with Gasteiger partial charge in [-0.2, -0.15) is 0 Å². The number of nitrogens with zero attached hydrogens (tertiary/aromatic N) is 5. The number of alkyl halides is 1. The van der Waals surface area contributed by atoms with Gasteiger partial charge >= 0.3 is 5.97 Å². The van der Waals surface area contributed by atoms with Gasteiger partial charge in [0.25, 0.3) is 5.91 Å². The third-order valence-electron chi connectivity index (χ3n) is 7.68. The Kier molecular flexibility index (Phi) is 13.0. The first kappa shape index (κ1) is 38.3. The number of carboxylic acids is 1. The molecule has 7 aromatic rings. The summed E-state index contributed by atoms with van der Waals surface area (Å²) in [6.07, 6.45) is 6.72. The van der Waals surface area contributed by atoms with Crippen LogP contribution in [-0.4, -0.2) is 49.1 Å². The van der Waals surface area contributed by atoms with Crippen LogP contribution in [0.2, 0.25) is 10.0 Å². The topological polar surface area (TPSA) is 183 Å². The zero-order valence-corrected chi connectivity index (χ0v) is 29.4. The summed E-state index contributed by atoms with van der Waals surface area (Å²) in [5.41, 5.74) is 12.1. The molecule has 1 amide bonds. The lowest BCUT2D eigenvalue weighted by molar-refractivity contribution is 0.0660. The number of fused-ring (bicyclic) bond motifs is 2. The van der Waals surface area contributed by atoms with Crippen molar-refractivity contribution >= 4 is 62.7 Å². The number of carbonyl (C=O) groups is 2. The highest BCUT2D eigenvalue weighted by atomic mass is 35.5. The Bertz CT molecular complexity index is 2380. The van der Waals surface area contributed by atoms with Gasteiger partial charge in [0.1, 0.15) is 5.82 Å². The summed E-state index contributed by atoms with van der Waals surface area (Å²) in [6.45, 7) is 4.13. The smallest absolute Gasteiger partial charge is 0.373 e. The summed E-state index contributed by atoms with van der Waals surface area (Å²) < 4.78 is 26.3. The maximum absolute atomic E-state index is 12.5. The number of benzene rings is 2. The number of pyridine rings is 3. The second-order valence-corrected chi connectivity index (χ2v) is 12.2. The highest BCUT2D eigenvalue weighted by molar-refractivity contribution is 6.31. The van der Waals surface area contributed by atoms with Crippen molar-refractivity contribution in [1.82, 2.24) is 30.2 Å². The fraction of sp³-hybridized carbons (Fsp3) is 0.184. The molecule has 0 aliphatic rings. The number of aromatic carboxylic acids is 1. The number of halogens is 3. The van der Waals surface area contributed by atoms with Gasteiger partial charge in [-0.15, -0.1) is 0 Å². The molecule has 0 spiro atoms. The summed E-state index contributed by atoms with van der Waals surface area (Å²) in [7, 11) is -1.00.